The minimum Gasteiger partial charge on any atom is -0.445 e. The Morgan fingerprint density at radius 1 is 1.29 bits per heavy atom. The third-order valence-corrected chi connectivity index (χ3v) is 5.66. The first-order valence-electron chi connectivity index (χ1n) is 9.18. The number of rotatable bonds is 5. The van der Waals surface area contributed by atoms with E-state index >= 15 is 0 Å². The van der Waals surface area contributed by atoms with Crippen LogP contribution in [0.5, 0.6) is 0 Å². The molecule has 2 heterocycles. The summed E-state index contributed by atoms with van der Waals surface area (Å²) in [6, 6.07) is 5.54. The highest BCUT2D eigenvalue weighted by atomic mass is 32.1. The van der Waals surface area contributed by atoms with Crippen LogP contribution in [0.2, 0.25) is 0 Å². The number of alkyl halides is 2. The van der Waals surface area contributed by atoms with E-state index in [1.54, 1.807) is 0 Å². The van der Waals surface area contributed by atoms with Crippen molar-refractivity contribution in [3.63, 3.8) is 0 Å². The van der Waals surface area contributed by atoms with Crippen LogP contribution in [0, 0.1) is 16.0 Å². The summed E-state index contributed by atoms with van der Waals surface area (Å²) in [6.07, 6.45) is 0.323. The minimum atomic E-state index is -2.97. The molecule has 2 fully saturated rings. The van der Waals surface area contributed by atoms with Crippen LogP contribution in [-0.2, 0) is 11.3 Å². The first kappa shape index (κ1) is 20.8. The van der Waals surface area contributed by atoms with Crippen LogP contribution in [0.25, 0.3) is 0 Å². The fourth-order valence-electron chi connectivity index (χ4n) is 3.61. The third kappa shape index (κ3) is 5.11. The molecule has 2 aliphatic rings. The van der Waals surface area contributed by atoms with E-state index in [1.165, 1.54) is 24.3 Å². The lowest BCUT2D eigenvalue weighted by Crippen LogP contribution is -2.53. The summed E-state index contributed by atoms with van der Waals surface area (Å²) in [4.78, 5) is 25.3. The Hall–Kier alpha value is -1.94. The highest BCUT2D eigenvalue weighted by Gasteiger charge is 2.47. The molecular formula is C18H23F2N3O4S. The van der Waals surface area contributed by atoms with Gasteiger partial charge in [0.25, 0.3) is 11.6 Å². The predicted molar refractivity (Wildman–Crippen MR) is 102 cm³/mol. The summed E-state index contributed by atoms with van der Waals surface area (Å²) in [6.45, 7) is 1.25. The molecule has 1 aromatic rings. The molecule has 0 saturated carbocycles. The number of halogens is 2. The second-order valence-corrected chi connectivity index (χ2v) is 8.08. The van der Waals surface area contributed by atoms with Gasteiger partial charge in [-0.1, -0.05) is 0 Å². The Morgan fingerprint density at radius 3 is 2.57 bits per heavy atom. The zero-order chi connectivity index (χ0) is 20.3. The second kappa shape index (κ2) is 8.60. The van der Waals surface area contributed by atoms with Crippen molar-refractivity contribution in [3.8, 4) is 0 Å². The molecule has 2 saturated heterocycles. The van der Waals surface area contributed by atoms with E-state index in [4.69, 9.17) is 4.74 Å². The number of carbonyl (C=O) groups is 1. The van der Waals surface area contributed by atoms with Crippen LogP contribution >= 0.6 is 12.6 Å². The molecule has 0 N–H and O–H groups in total. The van der Waals surface area contributed by atoms with Gasteiger partial charge in [-0.25, -0.2) is 13.6 Å². The quantitative estimate of drug-likeness (QED) is 0.454. The fraction of sp³-hybridized carbons (Fsp3) is 0.611. The Morgan fingerprint density at radius 2 is 2.00 bits per heavy atom. The van der Waals surface area contributed by atoms with Crippen molar-refractivity contribution < 1.29 is 23.2 Å². The lowest BCUT2D eigenvalue weighted by Gasteiger charge is -2.39. The van der Waals surface area contributed by atoms with E-state index in [-0.39, 0.29) is 30.5 Å². The molecule has 0 aliphatic carbocycles. The van der Waals surface area contributed by atoms with Crippen molar-refractivity contribution in [1.82, 2.24) is 9.80 Å². The molecule has 1 amide bonds. The molecule has 2 unspecified atom stereocenters. The highest BCUT2D eigenvalue weighted by Crippen LogP contribution is 2.34. The third-order valence-electron chi connectivity index (χ3n) is 5.24. The van der Waals surface area contributed by atoms with Crippen molar-refractivity contribution in [2.24, 2.45) is 5.92 Å². The van der Waals surface area contributed by atoms with Gasteiger partial charge in [-0.3, -0.25) is 10.1 Å². The zero-order valence-electron chi connectivity index (χ0n) is 15.3. The molecule has 0 radical (unpaired) electrons. The molecule has 154 valence electrons. The van der Waals surface area contributed by atoms with Crippen LogP contribution in [0.4, 0.5) is 19.3 Å². The standard InChI is InChI=1S/C18H23F2N3O4S/c19-18(20)12-22(8-5-14(18)9-21-7-6-16(28)10-21)17(24)27-11-13-1-3-15(4-2-13)23(25)26/h1-4,14,16,28H,5-12H2. The summed E-state index contributed by atoms with van der Waals surface area (Å²) in [7, 11) is 0. The maximum Gasteiger partial charge on any atom is 0.410 e. The van der Waals surface area contributed by atoms with Gasteiger partial charge in [-0.15, -0.1) is 0 Å². The van der Waals surface area contributed by atoms with Crippen molar-refractivity contribution in [3.05, 3.63) is 39.9 Å². The number of thiol groups is 1. The summed E-state index contributed by atoms with van der Waals surface area (Å²) in [5.41, 5.74) is 0.481. The summed E-state index contributed by atoms with van der Waals surface area (Å²) >= 11 is 4.39. The smallest absolute Gasteiger partial charge is 0.410 e. The molecule has 0 spiro atoms. The number of likely N-dealkylation sites (tertiary alicyclic amines) is 2. The summed E-state index contributed by atoms with van der Waals surface area (Å²) in [5, 5.41) is 10.9. The van der Waals surface area contributed by atoms with Crippen molar-refractivity contribution in [2.45, 2.75) is 30.6 Å². The molecule has 3 rings (SSSR count). The number of non-ortho nitro benzene ring substituents is 1. The molecule has 2 atom stereocenters. The predicted octanol–water partition coefficient (Wildman–Crippen LogP) is 3.19. The fourth-order valence-corrected chi connectivity index (χ4v) is 3.95. The van der Waals surface area contributed by atoms with E-state index in [2.05, 4.69) is 12.6 Å². The van der Waals surface area contributed by atoms with E-state index in [1.807, 2.05) is 4.90 Å². The highest BCUT2D eigenvalue weighted by molar-refractivity contribution is 7.81. The second-order valence-electron chi connectivity index (χ2n) is 7.35. The summed E-state index contributed by atoms with van der Waals surface area (Å²) < 4.78 is 34.2. The maximum absolute atomic E-state index is 14.6. The number of carbonyl (C=O) groups excluding carboxylic acids is 1. The van der Waals surface area contributed by atoms with E-state index in [0.717, 1.165) is 24.4 Å². The lowest BCUT2D eigenvalue weighted by atomic mass is 9.92. The molecule has 0 bridgehead atoms. The van der Waals surface area contributed by atoms with Crippen LogP contribution in [0.3, 0.4) is 0 Å². The van der Waals surface area contributed by atoms with E-state index < -0.39 is 29.4 Å². The number of ether oxygens (including phenoxy) is 1. The van der Waals surface area contributed by atoms with Crippen molar-refractivity contribution in [1.29, 1.82) is 0 Å². The summed E-state index contributed by atoms with van der Waals surface area (Å²) in [5.74, 6) is -3.76. The van der Waals surface area contributed by atoms with Gasteiger partial charge in [-0.05, 0) is 37.1 Å². The van der Waals surface area contributed by atoms with E-state index in [9.17, 15) is 23.7 Å². The van der Waals surface area contributed by atoms with Crippen molar-refractivity contribution >= 4 is 24.4 Å². The van der Waals surface area contributed by atoms with Crippen LogP contribution in [-0.4, -0.2) is 64.7 Å². The zero-order valence-corrected chi connectivity index (χ0v) is 16.2. The number of nitrogens with zero attached hydrogens (tertiary/aromatic N) is 3. The van der Waals surface area contributed by atoms with Crippen molar-refractivity contribution in [2.75, 3.05) is 32.7 Å². The Balaban J connectivity index is 1.49. The number of benzene rings is 1. The largest absolute Gasteiger partial charge is 0.445 e. The number of nitro benzene ring substituents is 1. The Labute approximate surface area is 167 Å². The van der Waals surface area contributed by atoms with Crippen LogP contribution in [0.15, 0.2) is 24.3 Å². The molecule has 2 aliphatic heterocycles. The van der Waals surface area contributed by atoms with E-state index in [0.29, 0.717) is 12.1 Å². The maximum atomic E-state index is 14.6. The SMILES string of the molecule is O=C(OCc1ccc([N+](=O)[O-])cc1)N1CCC(CN2CCC(S)C2)C(F)(F)C1. The number of hydrogen-bond acceptors (Lipinski definition) is 6. The average molecular weight is 415 g/mol. The van der Waals surface area contributed by atoms with Gasteiger partial charge in [0.1, 0.15) is 6.61 Å². The molecule has 0 aromatic heterocycles. The van der Waals surface area contributed by atoms with Gasteiger partial charge in [-0.2, -0.15) is 12.6 Å². The number of nitro groups is 1. The van der Waals surface area contributed by atoms with Gasteiger partial charge >= 0.3 is 6.09 Å². The lowest BCUT2D eigenvalue weighted by molar-refractivity contribution is -0.384. The minimum absolute atomic E-state index is 0.0703. The normalized spacial score (nSPS) is 24.9. The Kier molecular flexibility index (Phi) is 6.39. The molecular weight excluding hydrogens is 392 g/mol. The molecule has 10 heteroatoms. The Bertz CT molecular complexity index is 719. The molecule has 7 nitrogen and oxygen atoms in total. The number of amides is 1. The monoisotopic (exact) mass is 415 g/mol. The average Bonchev–Trinajstić information content (AvgIpc) is 3.06. The van der Waals surface area contributed by atoms with Gasteiger partial charge < -0.3 is 14.5 Å². The number of piperidine rings is 1. The van der Waals surface area contributed by atoms with Crippen LogP contribution in [0.1, 0.15) is 18.4 Å². The van der Waals surface area contributed by atoms with Gasteiger partial charge in [0.2, 0.25) is 0 Å². The van der Waals surface area contributed by atoms with Gasteiger partial charge in [0, 0.05) is 42.9 Å². The van der Waals surface area contributed by atoms with Crippen LogP contribution < -0.4 is 0 Å². The number of hydrogen-bond donors (Lipinski definition) is 1. The topological polar surface area (TPSA) is 75.9 Å². The van der Waals surface area contributed by atoms with Gasteiger partial charge in [0.15, 0.2) is 0 Å². The molecule has 28 heavy (non-hydrogen) atoms. The molecule has 1 aromatic carbocycles. The first-order valence-corrected chi connectivity index (χ1v) is 9.69. The first-order chi connectivity index (χ1) is 13.2. The van der Waals surface area contributed by atoms with Gasteiger partial charge in [0.05, 0.1) is 11.5 Å².